The minimum Gasteiger partial charge on any atom is -0.325 e. The second kappa shape index (κ2) is 6.53. The quantitative estimate of drug-likeness (QED) is 0.725. The van der Waals surface area contributed by atoms with Gasteiger partial charge < -0.3 is 10.6 Å². The number of hydrogen-bond donors (Lipinski definition) is 3. The van der Waals surface area contributed by atoms with Crippen molar-refractivity contribution in [2.45, 2.75) is 13.8 Å². The van der Waals surface area contributed by atoms with Crippen LogP contribution < -0.4 is 15.4 Å². The van der Waals surface area contributed by atoms with E-state index >= 15 is 0 Å². The summed E-state index contributed by atoms with van der Waals surface area (Å²) in [5.41, 5.74) is 1.89. The van der Waals surface area contributed by atoms with Gasteiger partial charge in [-0.15, -0.1) is 0 Å². The Hall–Kier alpha value is -1.60. The van der Waals surface area contributed by atoms with Gasteiger partial charge in [-0.3, -0.25) is 9.52 Å². The summed E-state index contributed by atoms with van der Waals surface area (Å²) < 4.78 is 24.7. The van der Waals surface area contributed by atoms with Crippen LogP contribution in [0.15, 0.2) is 18.2 Å². The van der Waals surface area contributed by atoms with Crippen LogP contribution in [0.4, 0.5) is 11.4 Å². The molecule has 3 N–H and O–H groups in total. The van der Waals surface area contributed by atoms with Crippen LogP contribution in [0.1, 0.15) is 12.5 Å². The third-order valence-corrected chi connectivity index (χ3v) is 2.93. The van der Waals surface area contributed by atoms with Crippen LogP contribution in [0.2, 0.25) is 0 Å². The number of amides is 1. The van der Waals surface area contributed by atoms with Crippen molar-refractivity contribution in [2.75, 3.05) is 29.4 Å². The molecule has 1 rings (SSSR count). The first-order valence-corrected chi connectivity index (χ1v) is 7.80. The third-order valence-electron chi connectivity index (χ3n) is 2.34. The van der Waals surface area contributed by atoms with Crippen molar-refractivity contribution in [3.63, 3.8) is 0 Å². The standard InChI is InChI=1S/C12H19N3O3S/c1-4-13-8-12(16)14-10-5-6-11(9(2)7-10)15-19(3,17)18/h5-7,13,15H,4,8H2,1-3H3,(H,14,16). The number of anilines is 2. The van der Waals surface area contributed by atoms with Gasteiger partial charge in [0.15, 0.2) is 0 Å². The lowest BCUT2D eigenvalue weighted by atomic mass is 10.2. The molecule has 0 atom stereocenters. The molecule has 7 heteroatoms. The Labute approximate surface area is 113 Å². The number of nitrogens with one attached hydrogen (secondary N) is 3. The molecule has 0 bridgehead atoms. The van der Waals surface area contributed by atoms with E-state index in [-0.39, 0.29) is 12.5 Å². The van der Waals surface area contributed by atoms with Gasteiger partial charge in [-0.25, -0.2) is 8.42 Å². The summed E-state index contributed by atoms with van der Waals surface area (Å²) in [6.07, 6.45) is 1.10. The van der Waals surface area contributed by atoms with Crippen LogP contribution in [0.3, 0.4) is 0 Å². The third kappa shape index (κ3) is 5.71. The van der Waals surface area contributed by atoms with Crippen LogP contribution >= 0.6 is 0 Å². The summed E-state index contributed by atoms with van der Waals surface area (Å²) >= 11 is 0. The Morgan fingerprint density at radius 2 is 2.00 bits per heavy atom. The Balaban J connectivity index is 2.74. The number of carbonyl (C=O) groups is 1. The predicted molar refractivity (Wildman–Crippen MR) is 76.8 cm³/mol. The first-order valence-electron chi connectivity index (χ1n) is 5.91. The van der Waals surface area contributed by atoms with Gasteiger partial charge in [0, 0.05) is 5.69 Å². The second-order valence-electron chi connectivity index (χ2n) is 4.23. The number of sulfonamides is 1. The summed E-state index contributed by atoms with van der Waals surface area (Å²) in [6.45, 7) is 4.67. The fourth-order valence-electron chi connectivity index (χ4n) is 1.50. The molecule has 1 aromatic rings. The smallest absolute Gasteiger partial charge is 0.238 e. The van der Waals surface area contributed by atoms with Gasteiger partial charge in [0.1, 0.15) is 0 Å². The molecular weight excluding hydrogens is 266 g/mol. The van der Waals surface area contributed by atoms with Crippen LogP contribution in [-0.4, -0.2) is 33.7 Å². The minimum absolute atomic E-state index is 0.134. The van der Waals surface area contributed by atoms with E-state index in [1.807, 2.05) is 6.92 Å². The average molecular weight is 285 g/mol. The molecule has 1 amide bonds. The van der Waals surface area contributed by atoms with E-state index in [0.29, 0.717) is 11.4 Å². The minimum atomic E-state index is -3.29. The van der Waals surface area contributed by atoms with Gasteiger partial charge in [-0.2, -0.15) is 0 Å². The monoisotopic (exact) mass is 285 g/mol. The summed E-state index contributed by atoms with van der Waals surface area (Å²) in [5.74, 6) is -0.134. The normalized spacial score (nSPS) is 11.1. The molecule has 1 aromatic carbocycles. The highest BCUT2D eigenvalue weighted by atomic mass is 32.2. The first kappa shape index (κ1) is 15.5. The maximum Gasteiger partial charge on any atom is 0.238 e. The maximum atomic E-state index is 11.5. The summed E-state index contributed by atoms with van der Waals surface area (Å²) in [6, 6.07) is 5.00. The predicted octanol–water partition coefficient (Wildman–Crippen LogP) is 0.915. The molecule has 0 radical (unpaired) electrons. The Morgan fingerprint density at radius 3 is 2.53 bits per heavy atom. The van der Waals surface area contributed by atoms with Crippen LogP contribution in [-0.2, 0) is 14.8 Å². The van der Waals surface area contributed by atoms with Crippen molar-refractivity contribution in [3.8, 4) is 0 Å². The lowest BCUT2D eigenvalue weighted by Gasteiger charge is -2.10. The second-order valence-corrected chi connectivity index (χ2v) is 5.98. The van der Waals surface area contributed by atoms with Gasteiger partial charge in [-0.1, -0.05) is 6.92 Å². The van der Waals surface area contributed by atoms with E-state index < -0.39 is 10.0 Å². The zero-order valence-electron chi connectivity index (χ0n) is 11.3. The highest BCUT2D eigenvalue weighted by Crippen LogP contribution is 2.20. The van der Waals surface area contributed by atoms with E-state index in [2.05, 4.69) is 15.4 Å². The number of carbonyl (C=O) groups excluding carboxylic acids is 1. The molecule has 0 unspecified atom stereocenters. The van der Waals surface area contributed by atoms with Crippen LogP contribution in [0.25, 0.3) is 0 Å². The largest absolute Gasteiger partial charge is 0.325 e. The number of benzene rings is 1. The lowest BCUT2D eigenvalue weighted by molar-refractivity contribution is -0.115. The molecule has 0 saturated carbocycles. The summed E-state index contributed by atoms with van der Waals surface area (Å²) in [4.78, 5) is 11.5. The number of rotatable bonds is 6. The topological polar surface area (TPSA) is 87.3 Å². The highest BCUT2D eigenvalue weighted by Gasteiger charge is 2.07. The molecular formula is C12H19N3O3S. The SMILES string of the molecule is CCNCC(=O)Nc1ccc(NS(C)(=O)=O)c(C)c1. The molecule has 0 aliphatic rings. The van der Waals surface area contributed by atoms with Crippen molar-refractivity contribution in [1.82, 2.24) is 5.32 Å². The van der Waals surface area contributed by atoms with E-state index in [1.165, 1.54) is 0 Å². The van der Waals surface area contributed by atoms with E-state index in [4.69, 9.17) is 0 Å². The molecule has 19 heavy (non-hydrogen) atoms. The molecule has 0 spiro atoms. The molecule has 106 valence electrons. The average Bonchev–Trinajstić information content (AvgIpc) is 2.28. The summed E-state index contributed by atoms with van der Waals surface area (Å²) in [5, 5.41) is 5.65. The zero-order valence-corrected chi connectivity index (χ0v) is 12.1. The van der Waals surface area contributed by atoms with Crippen molar-refractivity contribution < 1.29 is 13.2 Å². The highest BCUT2D eigenvalue weighted by molar-refractivity contribution is 7.92. The Bertz CT molecular complexity index is 555. The summed E-state index contributed by atoms with van der Waals surface area (Å²) in [7, 11) is -3.29. The fraction of sp³-hybridized carbons (Fsp3) is 0.417. The maximum absolute atomic E-state index is 11.5. The van der Waals surface area contributed by atoms with Gasteiger partial charge in [-0.05, 0) is 37.2 Å². The van der Waals surface area contributed by atoms with Crippen molar-refractivity contribution in [2.24, 2.45) is 0 Å². The molecule has 0 heterocycles. The first-order chi connectivity index (χ1) is 8.81. The van der Waals surface area contributed by atoms with Crippen molar-refractivity contribution in [1.29, 1.82) is 0 Å². The Morgan fingerprint density at radius 1 is 1.32 bits per heavy atom. The van der Waals surface area contributed by atoms with E-state index in [9.17, 15) is 13.2 Å². The van der Waals surface area contributed by atoms with Gasteiger partial charge in [0.05, 0.1) is 18.5 Å². The number of aryl methyl sites for hydroxylation is 1. The molecule has 6 nitrogen and oxygen atoms in total. The van der Waals surface area contributed by atoms with Crippen LogP contribution in [0.5, 0.6) is 0 Å². The van der Waals surface area contributed by atoms with Crippen molar-refractivity contribution in [3.05, 3.63) is 23.8 Å². The molecule has 0 saturated heterocycles. The van der Waals surface area contributed by atoms with E-state index in [1.54, 1.807) is 25.1 Å². The molecule has 0 aromatic heterocycles. The number of likely N-dealkylation sites (N-methyl/N-ethyl adjacent to an activating group) is 1. The van der Waals surface area contributed by atoms with Crippen molar-refractivity contribution >= 4 is 27.3 Å². The van der Waals surface area contributed by atoms with Gasteiger partial charge >= 0.3 is 0 Å². The molecule has 0 aliphatic heterocycles. The van der Waals surface area contributed by atoms with Crippen LogP contribution in [0, 0.1) is 6.92 Å². The fourth-order valence-corrected chi connectivity index (χ4v) is 2.13. The van der Waals surface area contributed by atoms with E-state index in [0.717, 1.165) is 18.4 Å². The molecule has 0 aliphatic carbocycles. The Kier molecular flexibility index (Phi) is 5.31. The van der Waals surface area contributed by atoms with Gasteiger partial charge in [0.2, 0.25) is 15.9 Å². The zero-order chi connectivity index (χ0) is 14.5. The molecule has 0 fully saturated rings. The van der Waals surface area contributed by atoms with Gasteiger partial charge in [0.25, 0.3) is 0 Å². The lowest BCUT2D eigenvalue weighted by Crippen LogP contribution is -2.27. The number of hydrogen-bond acceptors (Lipinski definition) is 4.